The van der Waals surface area contributed by atoms with Crippen LogP contribution in [0.5, 0.6) is 0 Å². The van der Waals surface area contributed by atoms with Gasteiger partial charge >= 0.3 is 0 Å². The Balaban J connectivity index is 1.38. The monoisotopic (exact) mass is 478 g/mol. The Morgan fingerprint density at radius 1 is 1.11 bits per heavy atom. The number of benzene rings is 2. The Morgan fingerprint density at radius 3 is 2.56 bits per heavy atom. The van der Waals surface area contributed by atoms with E-state index in [1.54, 1.807) is 6.07 Å². The van der Waals surface area contributed by atoms with Crippen molar-refractivity contribution in [3.05, 3.63) is 63.8 Å². The summed E-state index contributed by atoms with van der Waals surface area (Å²) in [6.45, 7) is 9.86. The van der Waals surface area contributed by atoms with E-state index in [0.29, 0.717) is 22.7 Å². The number of nitrogens with one attached hydrogen (secondary N) is 1. The molecule has 0 spiro atoms. The molecule has 1 aromatic heterocycles. The number of fused-ring (bicyclic) bond motifs is 4. The summed E-state index contributed by atoms with van der Waals surface area (Å²) in [5, 5.41) is 10.2. The first kappa shape index (κ1) is 22.9. The number of ketones is 1. The van der Waals surface area contributed by atoms with Crippen LogP contribution in [0, 0.1) is 23.7 Å². The molecule has 2 aromatic carbocycles. The maximum absolute atomic E-state index is 13.8. The topological polar surface area (TPSA) is 72.4 Å². The molecule has 3 aliphatic rings. The number of anilines is 1. The number of terminal acetylenes is 1. The summed E-state index contributed by atoms with van der Waals surface area (Å²) >= 11 is 0. The number of piperidine rings is 1. The second-order valence-corrected chi connectivity index (χ2v) is 10.6. The number of rotatable bonds is 2. The van der Waals surface area contributed by atoms with Gasteiger partial charge in [-0.05, 0) is 42.7 Å². The van der Waals surface area contributed by atoms with Gasteiger partial charge in [-0.2, -0.15) is 5.26 Å². The van der Waals surface area contributed by atoms with Gasteiger partial charge in [0.1, 0.15) is 0 Å². The number of H-pyrrole nitrogens is 1. The summed E-state index contributed by atoms with van der Waals surface area (Å²) in [5.74, 6) is 2.86. The van der Waals surface area contributed by atoms with E-state index < -0.39 is 5.41 Å². The molecule has 36 heavy (non-hydrogen) atoms. The van der Waals surface area contributed by atoms with Crippen molar-refractivity contribution in [2.24, 2.45) is 0 Å². The minimum Gasteiger partial charge on any atom is -0.379 e. The molecule has 6 heteroatoms. The van der Waals surface area contributed by atoms with Crippen LogP contribution in [0.1, 0.15) is 65.0 Å². The van der Waals surface area contributed by atoms with Gasteiger partial charge in [-0.1, -0.05) is 25.8 Å². The predicted molar refractivity (Wildman–Crippen MR) is 141 cm³/mol. The second-order valence-electron chi connectivity index (χ2n) is 10.6. The lowest BCUT2D eigenvalue weighted by Crippen LogP contribution is -2.49. The largest absolute Gasteiger partial charge is 0.379 e. The molecule has 0 amide bonds. The van der Waals surface area contributed by atoms with E-state index in [9.17, 15) is 10.1 Å². The highest BCUT2D eigenvalue weighted by molar-refractivity contribution is 6.20. The van der Waals surface area contributed by atoms with Crippen LogP contribution < -0.4 is 4.90 Å². The number of aromatic amines is 1. The minimum absolute atomic E-state index is 0.00985. The van der Waals surface area contributed by atoms with E-state index in [2.05, 4.69) is 46.7 Å². The van der Waals surface area contributed by atoms with Crippen molar-refractivity contribution in [1.29, 1.82) is 5.26 Å². The summed E-state index contributed by atoms with van der Waals surface area (Å²) in [5.41, 5.74) is 6.05. The SMILES string of the molecule is C#Cc1cc2c(cc1N1CCC(N3CCOCC3)CC1)C(C)(C)c1[nH]c3cc(C#N)ccc3c1C2=O. The van der Waals surface area contributed by atoms with Gasteiger partial charge in [0.25, 0.3) is 0 Å². The summed E-state index contributed by atoms with van der Waals surface area (Å²) in [4.78, 5) is 22.3. The number of carbonyl (C=O) groups excluding carboxylic acids is 1. The molecule has 0 atom stereocenters. The minimum atomic E-state index is -0.418. The van der Waals surface area contributed by atoms with Crippen molar-refractivity contribution in [2.45, 2.75) is 38.1 Å². The zero-order chi connectivity index (χ0) is 25.0. The van der Waals surface area contributed by atoms with Crippen LogP contribution in [-0.4, -0.2) is 61.1 Å². The van der Waals surface area contributed by atoms with Crippen LogP contribution in [-0.2, 0) is 10.2 Å². The molecule has 2 fully saturated rings. The van der Waals surface area contributed by atoms with E-state index in [1.807, 2.05) is 18.2 Å². The molecule has 0 saturated carbocycles. The van der Waals surface area contributed by atoms with Crippen molar-refractivity contribution in [3.63, 3.8) is 0 Å². The fourth-order valence-electron chi connectivity index (χ4n) is 6.33. The molecule has 6 rings (SSSR count). The van der Waals surface area contributed by atoms with Gasteiger partial charge in [-0.15, -0.1) is 6.42 Å². The van der Waals surface area contributed by atoms with Gasteiger partial charge in [0.05, 0.1) is 36.1 Å². The number of nitrogens with zero attached hydrogens (tertiary/aromatic N) is 3. The normalized spacial score (nSPS) is 20.0. The number of ether oxygens (including phenoxy) is 1. The molecular formula is C30H30N4O2. The third kappa shape index (κ3) is 3.45. The quantitative estimate of drug-likeness (QED) is 0.559. The molecule has 1 N–H and O–H groups in total. The third-order valence-electron chi connectivity index (χ3n) is 8.36. The Hall–Kier alpha value is -3.58. The lowest BCUT2D eigenvalue weighted by molar-refractivity contribution is 0.0115. The molecule has 182 valence electrons. The van der Waals surface area contributed by atoms with Gasteiger partial charge in [0, 0.05) is 65.4 Å². The molecule has 6 nitrogen and oxygen atoms in total. The second kappa shape index (κ2) is 8.52. The Kier molecular flexibility index (Phi) is 5.41. The van der Waals surface area contributed by atoms with Crippen molar-refractivity contribution in [3.8, 4) is 18.4 Å². The van der Waals surface area contributed by atoms with Crippen LogP contribution in [0.25, 0.3) is 10.9 Å². The standard InChI is InChI=1S/C30H30N4O2/c1-4-20-16-23-24(17-26(20)34-9-7-21(8-10-34)33-11-13-36-14-12-33)30(2,3)29-27(28(23)35)22-6-5-19(18-31)15-25(22)32-29/h1,5-6,15-17,21,32H,7-14H2,2-3H3. The fraction of sp³-hybridized carbons (Fsp3) is 0.400. The van der Waals surface area contributed by atoms with E-state index in [1.165, 1.54) is 0 Å². The van der Waals surface area contributed by atoms with Crippen molar-refractivity contribution < 1.29 is 9.53 Å². The van der Waals surface area contributed by atoms with Gasteiger partial charge in [0.2, 0.25) is 0 Å². The van der Waals surface area contributed by atoms with E-state index in [-0.39, 0.29) is 5.78 Å². The summed E-state index contributed by atoms with van der Waals surface area (Å²) in [6.07, 6.45) is 8.19. The number of carbonyl (C=O) groups is 1. The van der Waals surface area contributed by atoms with Crippen LogP contribution >= 0.6 is 0 Å². The Morgan fingerprint density at radius 2 is 1.86 bits per heavy atom. The van der Waals surface area contributed by atoms with E-state index in [0.717, 1.165) is 85.6 Å². The van der Waals surface area contributed by atoms with E-state index in [4.69, 9.17) is 11.2 Å². The van der Waals surface area contributed by atoms with Gasteiger partial charge < -0.3 is 14.6 Å². The number of nitriles is 1. The Bertz CT molecular complexity index is 1450. The van der Waals surface area contributed by atoms with Crippen molar-refractivity contribution >= 4 is 22.4 Å². The molecule has 0 unspecified atom stereocenters. The van der Waals surface area contributed by atoms with Gasteiger partial charge in [-0.25, -0.2) is 0 Å². The first-order valence-corrected chi connectivity index (χ1v) is 12.7. The van der Waals surface area contributed by atoms with Crippen molar-refractivity contribution in [2.75, 3.05) is 44.3 Å². The number of hydrogen-bond acceptors (Lipinski definition) is 5. The average Bonchev–Trinajstić information content (AvgIpc) is 3.32. The summed E-state index contributed by atoms with van der Waals surface area (Å²) in [7, 11) is 0. The molecule has 1 aliphatic carbocycles. The zero-order valence-corrected chi connectivity index (χ0v) is 20.9. The Labute approximate surface area is 211 Å². The molecule has 0 radical (unpaired) electrons. The highest BCUT2D eigenvalue weighted by atomic mass is 16.5. The lowest BCUT2D eigenvalue weighted by atomic mass is 9.70. The van der Waals surface area contributed by atoms with Crippen LogP contribution in [0.3, 0.4) is 0 Å². The molecular weight excluding hydrogens is 448 g/mol. The van der Waals surface area contributed by atoms with Crippen LogP contribution in [0.2, 0.25) is 0 Å². The molecule has 2 saturated heterocycles. The fourth-order valence-corrected chi connectivity index (χ4v) is 6.33. The van der Waals surface area contributed by atoms with Crippen LogP contribution in [0.4, 0.5) is 5.69 Å². The summed E-state index contributed by atoms with van der Waals surface area (Å²) < 4.78 is 5.53. The maximum atomic E-state index is 13.8. The molecule has 0 bridgehead atoms. The first-order valence-electron chi connectivity index (χ1n) is 12.7. The molecule has 3 heterocycles. The number of morpholine rings is 1. The van der Waals surface area contributed by atoms with Gasteiger partial charge in [-0.3, -0.25) is 9.69 Å². The van der Waals surface area contributed by atoms with Crippen LogP contribution in [0.15, 0.2) is 30.3 Å². The highest BCUT2D eigenvalue weighted by Crippen LogP contribution is 2.45. The lowest BCUT2D eigenvalue weighted by Gasteiger charge is -2.41. The highest BCUT2D eigenvalue weighted by Gasteiger charge is 2.41. The zero-order valence-electron chi connectivity index (χ0n) is 20.9. The summed E-state index contributed by atoms with van der Waals surface area (Å²) in [6, 6.07) is 12.3. The number of hydrogen-bond donors (Lipinski definition) is 1. The molecule has 3 aromatic rings. The predicted octanol–water partition coefficient (Wildman–Crippen LogP) is 4.19. The third-order valence-corrected chi connectivity index (χ3v) is 8.36. The number of aromatic nitrogens is 1. The van der Waals surface area contributed by atoms with Gasteiger partial charge in [0.15, 0.2) is 5.78 Å². The molecule has 2 aliphatic heterocycles. The first-order chi connectivity index (χ1) is 17.4. The maximum Gasteiger partial charge on any atom is 0.195 e. The average molecular weight is 479 g/mol. The van der Waals surface area contributed by atoms with Crippen molar-refractivity contribution in [1.82, 2.24) is 9.88 Å². The van der Waals surface area contributed by atoms with E-state index >= 15 is 0 Å². The smallest absolute Gasteiger partial charge is 0.195 e.